The molecule has 1 aromatic carbocycles. The van der Waals surface area contributed by atoms with Gasteiger partial charge in [-0.2, -0.15) is 0 Å². The van der Waals surface area contributed by atoms with Crippen LogP contribution in [0.4, 0.5) is 5.69 Å². The van der Waals surface area contributed by atoms with Gasteiger partial charge in [0.15, 0.2) is 0 Å². The fourth-order valence-electron chi connectivity index (χ4n) is 3.21. The molecule has 0 spiro atoms. The highest BCUT2D eigenvalue weighted by atomic mass is 16.6. The van der Waals surface area contributed by atoms with Gasteiger partial charge in [-0.3, -0.25) is 24.6 Å². The first-order valence-electron chi connectivity index (χ1n) is 7.26. The second kappa shape index (κ2) is 5.27. The van der Waals surface area contributed by atoms with Crippen LogP contribution in [0.15, 0.2) is 18.2 Å². The van der Waals surface area contributed by atoms with Crippen molar-refractivity contribution in [1.29, 1.82) is 0 Å². The van der Waals surface area contributed by atoms with Crippen molar-refractivity contribution in [2.45, 2.75) is 44.6 Å². The summed E-state index contributed by atoms with van der Waals surface area (Å²) in [5.41, 5.74) is 0.297. The van der Waals surface area contributed by atoms with Gasteiger partial charge in [-0.25, -0.2) is 0 Å². The summed E-state index contributed by atoms with van der Waals surface area (Å²) < 4.78 is 0. The third-order valence-corrected chi connectivity index (χ3v) is 4.30. The fourth-order valence-corrected chi connectivity index (χ4v) is 3.21. The molecule has 2 aliphatic rings. The van der Waals surface area contributed by atoms with Crippen LogP contribution in [-0.4, -0.2) is 27.7 Å². The first-order chi connectivity index (χ1) is 10.1. The summed E-state index contributed by atoms with van der Waals surface area (Å²) in [5, 5.41) is 10.8. The Balaban J connectivity index is 1.94. The van der Waals surface area contributed by atoms with Gasteiger partial charge in [0.05, 0.1) is 16.1 Å². The van der Waals surface area contributed by atoms with E-state index in [-0.39, 0.29) is 34.7 Å². The van der Waals surface area contributed by atoms with Gasteiger partial charge in [-0.1, -0.05) is 25.7 Å². The minimum absolute atomic E-state index is 0.0704. The molecule has 0 unspecified atom stereocenters. The lowest BCUT2D eigenvalue weighted by Gasteiger charge is -2.24. The normalized spacial score (nSPS) is 19.5. The van der Waals surface area contributed by atoms with Crippen molar-refractivity contribution < 1.29 is 14.5 Å². The Hall–Kier alpha value is -2.24. The second-order valence-corrected chi connectivity index (χ2v) is 5.61. The van der Waals surface area contributed by atoms with Crippen LogP contribution in [0.5, 0.6) is 0 Å². The van der Waals surface area contributed by atoms with Gasteiger partial charge in [0.2, 0.25) is 0 Å². The van der Waals surface area contributed by atoms with Gasteiger partial charge in [-0.15, -0.1) is 0 Å². The number of fused-ring (bicyclic) bond motifs is 1. The third kappa shape index (κ3) is 2.30. The summed E-state index contributed by atoms with van der Waals surface area (Å²) in [7, 11) is 0. The molecule has 1 aliphatic heterocycles. The summed E-state index contributed by atoms with van der Waals surface area (Å²) >= 11 is 0. The summed E-state index contributed by atoms with van der Waals surface area (Å²) in [6, 6.07) is 3.82. The summed E-state index contributed by atoms with van der Waals surface area (Å²) in [6.07, 6.45) is 5.94. The highest BCUT2D eigenvalue weighted by Crippen LogP contribution is 2.32. The van der Waals surface area contributed by atoms with E-state index in [0.717, 1.165) is 38.5 Å². The van der Waals surface area contributed by atoms with Gasteiger partial charge in [-0.05, 0) is 18.9 Å². The topological polar surface area (TPSA) is 80.5 Å². The lowest BCUT2D eigenvalue weighted by Crippen LogP contribution is -2.39. The summed E-state index contributed by atoms with van der Waals surface area (Å²) in [6.45, 7) is 0. The molecule has 1 heterocycles. The SMILES string of the molecule is O=C1c2ccc([N+](=O)[O-])cc2C(=O)N1C1CCCCCC1. The van der Waals surface area contributed by atoms with E-state index in [2.05, 4.69) is 0 Å². The zero-order valence-corrected chi connectivity index (χ0v) is 11.6. The van der Waals surface area contributed by atoms with Gasteiger partial charge in [0.25, 0.3) is 17.5 Å². The fraction of sp³-hybridized carbons (Fsp3) is 0.467. The van der Waals surface area contributed by atoms with E-state index in [1.807, 2.05) is 0 Å². The quantitative estimate of drug-likeness (QED) is 0.362. The van der Waals surface area contributed by atoms with Crippen LogP contribution in [0.25, 0.3) is 0 Å². The van der Waals surface area contributed by atoms with Crippen molar-refractivity contribution in [1.82, 2.24) is 4.90 Å². The number of hydrogen-bond donors (Lipinski definition) is 0. The molecule has 1 fully saturated rings. The molecule has 6 heteroatoms. The van der Waals surface area contributed by atoms with Crippen molar-refractivity contribution in [2.24, 2.45) is 0 Å². The highest BCUT2D eigenvalue weighted by molar-refractivity contribution is 6.21. The molecule has 1 aliphatic carbocycles. The van der Waals surface area contributed by atoms with Crippen molar-refractivity contribution in [3.8, 4) is 0 Å². The minimum atomic E-state index is -0.549. The van der Waals surface area contributed by atoms with Crippen LogP contribution in [-0.2, 0) is 0 Å². The number of carbonyl (C=O) groups excluding carboxylic acids is 2. The predicted molar refractivity (Wildman–Crippen MR) is 75.1 cm³/mol. The molecular formula is C15H16N2O4. The number of non-ortho nitro benzene ring substituents is 1. The lowest BCUT2D eigenvalue weighted by molar-refractivity contribution is -0.384. The van der Waals surface area contributed by atoms with Gasteiger partial charge in [0, 0.05) is 18.2 Å². The largest absolute Gasteiger partial charge is 0.271 e. The van der Waals surface area contributed by atoms with E-state index in [4.69, 9.17) is 0 Å². The third-order valence-electron chi connectivity index (χ3n) is 4.30. The zero-order valence-electron chi connectivity index (χ0n) is 11.6. The monoisotopic (exact) mass is 288 g/mol. The van der Waals surface area contributed by atoms with Crippen LogP contribution in [0.3, 0.4) is 0 Å². The van der Waals surface area contributed by atoms with E-state index in [1.54, 1.807) is 0 Å². The number of hydrogen-bond acceptors (Lipinski definition) is 4. The number of benzene rings is 1. The maximum Gasteiger partial charge on any atom is 0.270 e. The minimum Gasteiger partial charge on any atom is -0.271 e. The van der Waals surface area contributed by atoms with Gasteiger partial charge in [0.1, 0.15) is 0 Å². The Bertz CT molecular complexity index is 618. The number of nitro groups is 1. The Morgan fingerprint density at radius 3 is 2.24 bits per heavy atom. The van der Waals surface area contributed by atoms with E-state index in [9.17, 15) is 19.7 Å². The summed E-state index contributed by atoms with van der Waals surface area (Å²) in [4.78, 5) is 36.5. The molecule has 1 aromatic rings. The van der Waals surface area contributed by atoms with E-state index in [1.165, 1.54) is 23.1 Å². The predicted octanol–water partition coefficient (Wildman–Crippen LogP) is 2.91. The Labute approximate surface area is 121 Å². The molecule has 0 atom stereocenters. The number of imide groups is 1. The van der Waals surface area contributed by atoms with Crippen LogP contribution in [0, 0.1) is 10.1 Å². The molecule has 0 saturated heterocycles. The molecule has 0 bridgehead atoms. The van der Waals surface area contributed by atoms with E-state index >= 15 is 0 Å². The number of rotatable bonds is 2. The average Bonchev–Trinajstić information content (AvgIpc) is 2.67. The van der Waals surface area contributed by atoms with E-state index in [0.29, 0.717) is 0 Å². The average molecular weight is 288 g/mol. The molecule has 1 saturated carbocycles. The molecule has 0 aromatic heterocycles. The number of nitrogens with zero attached hydrogens (tertiary/aromatic N) is 2. The van der Waals surface area contributed by atoms with Crippen molar-refractivity contribution >= 4 is 17.5 Å². The molecule has 110 valence electrons. The van der Waals surface area contributed by atoms with Gasteiger partial charge >= 0.3 is 0 Å². The molecular weight excluding hydrogens is 272 g/mol. The van der Waals surface area contributed by atoms with Crippen molar-refractivity contribution in [2.75, 3.05) is 0 Å². The van der Waals surface area contributed by atoms with Crippen molar-refractivity contribution in [3.63, 3.8) is 0 Å². The first kappa shape index (κ1) is 13.7. The second-order valence-electron chi connectivity index (χ2n) is 5.61. The number of carbonyl (C=O) groups is 2. The maximum absolute atomic E-state index is 12.5. The lowest BCUT2D eigenvalue weighted by atomic mass is 10.1. The van der Waals surface area contributed by atoms with Crippen LogP contribution < -0.4 is 0 Å². The molecule has 21 heavy (non-hydrogen) atoms. The maximum atomic E-state index is 12.5. The zero-order chi connectivity index (χ0) is 15.0. The first-order valence-corrected chi connectivity index (χ1v) is 7.26. The van der Waals surface area contributed by atoms with E-state index < -0.39 is 4.92 Å². The Kier molecular flexibility index (Phi) is 3.45. The summed E-state index contributed by atoms with van der Waals surface area (Å²) in [5.74, 6) is -0.692. The van der Waals surface area contributed by atoms with Crippen LogP contribution >= 0.6 is 0 Å². The highest BCUT2D eigenvalue weighted by Gasteiger charge is 2.40. The number of nitro benzene ring substituents is 1. The van der Waals surface area contributed by atoms with Gasteiger partial charge < -0.3 is 0 Å². The molecule has 0 radical (unpaired) electrons. The number of amides is 2. The van der Waals surface area contributed by atoms with Crippen LogP contribution in [0.2, 0.25) is 0 Å². The molecule has 6 nitrogen and oxygen atoms in total. The molecule has 3 rings (SSSR count). The molecule has 0 N–H and O–H groups in total. The Morgan fingerprint density at radius 1 is 1.00 bits per heavy atom. The standard InChI is InChI=1S/C15H16N2O4/c18-14-12-8-7-11(17(20)21)9-13(12)15(19)16(14)10-5-3-1-2-4-6-10/h7-10H,1-6H2. The van der Waals surface area contributed by atoms with Crippen LogP contribution in [0.1, 0.15) is 59.2 Å². The Morgan fingerprint density at radius 2 is 1.62 bits per heavy atom. The van der Waals surface area contributed by atoms with Crippen molar-refractivity contribution in [3.05, 3.63) is 39.4 Å². The smallest absolute Gasteiger partial charge is 0.270 e. The molecule has 2 amide bonds.